The van der Waals surface area contributed by atoms with Gasteiger partial charge < -0.3 is 11.1 Å². The summed E-state index contributed by atoms with van der Waals surface area (Å²) in [6.45, 7) is 0. The van der Waals surface area contributed by atoms with Crippen LogP contribution in [0.1, 0.15) is 10.5 Å². The van der Waals surface area contributed by atoms with Gasteiger partial charge in [-0.3, -0.25) is 4.79 Å². The lowest BCUT2D eigenvalue weighted by atomic mass is 10.2. The molecule has 1 heterocycles. The van der Waals surface area contributed by atoms with Gasteiger partial charge in [0.1, 0.15) is 0 Å². The zero-order chi connectivity index (χ0) is 11.5. The van der Waals surface area contributed by atoms with Crippen LogP contribution in [-0.2, 0) is 0 Å². The lowest BCUT2D eigenvalue weighted by Crippen LogP contribution is -2.13. The molecule has 0 aliphatic carbocycles. The first-order chi connectivity index (χ1) is 7.66. The Morgan fingerprint density at radius 3 is 2.94 bits per heavy atom. The Kier molecular flexibility index (Phi) is 2.86. The van der Waals surface area contributed by atoms with Crippen LogP contribution in [0.25, 0.3) is 0 Å². The van der Waals surface area contributed by atoms with Gasteiger partial charge in [0.25, 0.3) is 5.91 Å². The van der Waals surface area contributed by atoms with Crippen molar-refractivity contribution in [2.75, 3.05) is 11.1 Å². The van der Waals surface area contributed by atoms with E-state index < -0.39 is 0 Å². The lowest BCUT2D eigenvalue weighted by Gasteiger charge is -2.06. The number of nitrogens with zero attached hydrogens (tertiary/aromatic N) is 2. The van der Waals surface area contributed by atoms with Crippen LogP contribution >= 0.6 is 15.9 Å². The maximum absolute atomic E-state index is 11.6. The number of nitrogens with one attached hydrogen (secondary N) is 2. The molecule has 7 heteroatoms. The van der Waals surface area contributed by atoms with Crippen LogP contribution in [0.15, 0.2) is 28.9 Å². The molecule has 16 heavy (non-hydrogen) atoms. The second kappa shape index (κ2) is 4.31. The molecule has 4 N–H and O–H groups in total. The van der Waals surface area contributed by atoms with E-state index in [4.69, 9.17) is 5.73 Å². The van der Waals surface area contributed by atoms with Crippen LogP contribution < -0.4 is 11.1 Å². The van der Waals surface area contributed by atoms with E-state index in [1.807, 2.05) is 0 Å². The molecule has 1 aromatic carbocycles. The van der Waals surface area contributed by atoms with E-state index in [9.17, 15) is 4.79 Å². The van der Waals surface area contributed by atoms with E-state index in [2.05, 4.69) is 36.7 Å². The Balaban J connectivity index is 2.18. The summed E-state index contributed by atoms with van der Waals surface area (Å²) in [6.07, 6.45) is 1.34. The number of carbonyl (C=O) groups excluding carboxylic acids is 1. The molecule has 0 aliphatic heterocycles. The highest BCUT2D eigenvalue weighted by atomic mass is 79.9. The van der Waals surface area contributed by atoms with Crippen LogP contribution in [0.4, 0.5) is 11.4 Å². The van der Waals surface area contributed by atoms with Gasteiger partial charge in [0, 0.05) is 4.47 Å². The highest BCUT2D eigenvalue weighted by Gasteiger charge is 2.10. The third-order valence-electron chi connectivity index (χ3n) is 1.91. The lowest BCUT2D eigenvalue weighted by molar-refractivity contribution is 0.102. The SMILES string of the molecule is Nc1cc(Br)ccc1NC(=O)c1cn[nH]n1. The third kappa shape index (κ3) is 2.19. The number of hydrogen-bond donors (Lipinski definition) is 3. The van der Waals surface area contributed by atoms with Gasteiger partial charge >= 0.3 is 0 Å². The van der Waals surface area contributed by atoms with Crippen LogP contribution in [0, 0.1) is 0 Å². The Morgan fingerprint density at radius 2 is 2.31 bits per heavy atom. The number of halogens is 1. The van der Waals surface area contributed by atoms with Gasteiger partial charge in [-0.05, 0) is 18.2 Å². The van der Waals surface area contributed by atoms with Crippen LogP contribution in [0.5, 0.6) is 0 Å². The standard InChI is InChI=1S/C9H8BrN5O/c10-5-1-2-7(6(11)3-5)13-9(16)8-4-12-15-14-8/h1-4H,11H2,(H,13,16)(H,12,14,15). The van der Waals surface area contributed by atoms with Crippen molar-refractivity contribution in [3.05, 3.63) is 34.6 Å². The molecule has 0 radical (unpaired) electrons. The van der Waals surface area contributed by atoms with Crippen molar-refractivity contribution in [2.24, 2.45) is 0 Å². The van der Waals surface area contributed by atoms with E-state index in [-0.39, 0.29) is 11.6 Å². The molecule has 0 saturated carbocycles. The molecule has 0 spiro atoms. The molecule has 2 aromatic rings. The minimum atomic E-state index is -0.359. The molecule has 2 rings (SSSR count). The third-order valence-corrected chi connectivity index (χ3v) is 2.40. The second-order valence-corrected chi connectivity index (χ2v) is 3.96. The predicted molar refractivity (Wildman–Crippen MR) is 62.9 cm³/mol. The van der Waals surface area contributed by atoms with Gasteiger partial charge in [-0.2, -0.15) is 15.4 Å². The van der Waals surface area contributed by atoms with Crippen molar-refractivity contribution in [3.63, 3.8) is 0 Å². The maximum atomic E-state index is 11.6. The smallest absolute Gasteiger partial charge is 0.277 e. The molecule has 0 aliphatic rings. The number of amides is 1. The van der Waals surface area contributed by atoms with Gasteiger partial charge in [-0.25, -0.2) is 0 Å². The largest absolute Gasteiger partial charge is 0.397 e. The van der Waals surface area contributed by atoms with Crippen LogP contribution in [-0.4, -0.2) is 21.3 Å². The van der Waals surface area contributed by atoms with E-state index >= 15 is 0 Å². The summed E-state index contributed by atoms with van der Waals surface area (Å²) >= 11 is 3.28. The number of aromatic nitrogens is 3. The van der Waals surface area contributed by atoms with Gasteiger partial charge in [0.15, 0.2) is 5.69 Å². The summed E-state index contributed by atoms with van der Waals surface area (Å²) in [5, 5.41) is 12.2. The summed E-state index contributed by atoms with van der Waals surface area (Å²) < 4.78 is 0.851. The summed E-state index contributed by atoms with van der Waals surface area (Å²) in [5.74, 6) is -0.359. The summed E-state index contributed by atoms with van der Waals surface area (Å²) in [4.78, 5) is 11.6. The Bertz CT molecular complexity index is 511. The number of benzene rings is 1. The van der Waals surface area contributed by atoms with Gasteiger partial charge in [-0.1, -0.05) is 15.9 Å². The van der Waals surface area contributed by atoms with Gasteiger partial charge in [0.2, 0.25) is 0 Å². The van der Waals surface area contributed by atoms with Gasteiger partial charge in [-0.15, -0.1) is 0 Å². The number of carbonyl (C=O) groups is 1. The Labute approximate surface area is 99.4 Å². The predicted octanol–water partition coefficient (Wildman–Crippen LogP) is 1.40. The van der Waals surface area contributed by atoms with Gasteiger partial charge in [0.05, 0.1) is 17.6 Å². The van der Waals surface area contributed by atoms with Crippen LogP contribution in [0.2, 0.25) is 0 Å². The molecular formula is C9H8BrN5O. The quantitative estimate of drug-likeness (QED) is 0.725. The Morgan fingerprint density at radius 1 is 1.50 bits per heavy atom. The van der Waals surface area contributed by atoms with Crippen molar-refractivity contribution in [1.82, 2.24) is 15.4 Å². The maximum Gasteiger partial charge on any atom is 0.277 e. The first-order valence-corrected chi connectivity index (χ1v) is 5.18. The summed E-state index contributed by atoms with van der Waals surface area (Å²) in [6, 6.07) is 5.20. The van der Waals surface area contributed by atoms with Crippen molar-refractivity contribution in [3.8, 4) is 0 Å². The van der Waals surface area contributed by atoms with Crippen molar-refractivity contribution < 1.29 is 4.79 Å². The zero-order valence-corrected chi connectivity index (χ0v) is 9.65. The highest BCUT2D eigenvalue weighted by Crippen LogP contribution is 2.23. The molecular weight excluding hydrogens is 274 g/mol. The normalized spacial score (nSPS) is 10.1. The molecule has 82 valence electrons. The first kappa shape index (κ1) is 10.6. The van der Waals surface area contributed by atoms with E-state index in [0.29, 0.717) is 11.4 Å². The fourth-order valence-corrected chi connectivity index (χ4v) is 1.52. The average molecular weight is 282 g/mol. The van der Waals surface area contributed by atoms with Crippen LogP contribution in [0.3, 0.4) is 0 Å². The minimum Gasteiger partial charge on any atom is -0.397 e. The molecule has 0 unspecified atom stereocenters. The number of rotatable bonds is 2. The van der Waals surface area contributed by atoms with E-state index in [0.717, 1.165) is 4.47 Å². The number of H-pyrrole nitrogens is 1. The van der Waals surface area contributed by atoms with E-state index in [1.54, 1.807) is 18.2 Å². The monoisotopic (exact) mass is 281 g/mol. The molecule has 1 amide bonds. The zero-order valence-electron chi connectivity index (χ0n) is 8.07. The second-order valence-electron chi connectivity index (χ2n) is 3.04. The fraction of sp³-hybridized carbons (Fsp3) is 0. The number of hydrogen-bond acceptors (Lipinski definition) is 4. The molecule has 6 nitrogen and oxygen atoms in total. The molecule has 0 bridgehead atoms. The average Bonchev–Trinajstić information content (AvgIpc) is 2.75. The molecule has 0 fully saturated rings. The first-order valence-electron chi connectivity index (χ1n) is 4.39. The van der Waals surface area contributed by atoms with E-state index in [1.165, 1.54) is 6.20 Å². The number of anilines is 2. The molecule has 0 saturated heterocycles. The number of nitrogens with two attached hydrogens (primary N) is 1. The molecule has 1 aromatic heterocycles. The highest BCUT2D eigenvalue weighted by molar-refractivity contribution is 9.10. The number of aromatic amines is 1. The summed E-state index contributed by atoms with van der Waals surface area (Å²) in [5.41, 5.74) is 6.96. The Hall–Kier alpha value is -1.89. The van der Waals surface area contributed by atoms with Crippen molar-refractivity contribution in [2.45, 2.75) is 0 Å². The topological polar surface area (TPSA) is 96.7 Å². The summed E-state index contributed by atoms with van der Waals surface area (Å²) in [7, 11) is 0. The molecule has 0 atom stereocenters. The van der Waals surface area contributed by atoms with Crippen molar-refractivity contribution >= 4 is 33.2 Å². The number of nitrogen functional groups attached to an aromatic ring is 1. The van der Waals surface area contributed by atoms with Crippen molar-refractivity contribution in [1.29, 1.82) is 0 Å². The minimum absolute atomic E-state index is 0.210. The fourth-order valence-electron chi connectivity index (χ4n) is 1.14.